The van der Waals surface area contributed by atoms with Gasteiger partial charge in [0, 0.05) is 20.0 Å². The Balaban J connectivity index is 2.26. The van der Waals surface area contributed by atoms with Gasteiger partial charge in [-0.15, -0.1) is 0 Å². The first kappa shape index (κ1) is 15.3. The Bertz CT molecular complexity index is 408. The minimum Gasteiger partial charge on any atom is -0.492 e. The molecule has 0 atom stereocenters. The minimum absolute atomic E-state index is 0.00101. The van der Waals surface area contributed by atoms with Crippen molar-refractivity contribution in [2.24, 2.45) is 0 Å². The van der Waals surface area contributed by atoms with Crippen LogP contribution in [-0.2, 0) is 11.2 Å². The van der Waals surface area contributed by atoms with Gasteiger partial charge in [0.25, 0.3) is 0 Å². The number of anilines is 1. The van der Waals surface area contributed by atoms with E-state index in [1.165, 1.54) is 12.5 Å². The normalized spacial score (nSPS) is 10.2. The van der Waals surface area contributed by atoms with Crippen LogP contribution in [-0.4, -0.2) is 32.1 Å². The number of hydrogen-bond acceptors (Lipinski definition) is 4. The van der Waals surface area contributed by atoms with E-state index in [-0.39, 0.29) is 5.91 Å². The lowest BCUT2D eigenvalue weighted by Gasteiger charge is -2.09. The van der Waals surface area contributed by atoms with E-state index >= 15 is 0 Å². The van der Waals surface area contributed by atoms with E-state index in [1.54, 1.807) is 0 Å². The number of nitrogen functional groups attached to an aromatic ring is 1. The molecule has 0 aromatic heterocycles. The summed E-state index contributed by atoms with van der Waals surface area (Å²) < 4.78 is 5.39. The third-order valence-corrected chi connectivity index (χ3v) is 2.64. The first-order valence-corrected chi connectivity index (χ1v) is 6.59. The van der Waals surface area contributed by atoms with Gasteiger partial charge in [-0.3, -0.25) is 4.79 Å². The van der Waals surface area contributed by atoms with Crippen molar-refractivity contribution >= 4 is 11.6 Å². The molecule has 1 aromatic carbocycles. The van der Waals surface area contributed by atoms with Gasteiger partial charge >= 0.3 is 0 Å². The number of nitrogens with one attached hydrogen (secondary N) is 2. The fourth-order valence-electron chi connectivity index (χ4n) is 1.73. The molecular formula is C14H23N3O2. The first-order valence-electron chi connectivity index (χ1n) is 6.59. The van der Waals surface area contributed by atoms with Crippen molar-refractivity contribution in [3.05, 3.63) is 23.8 Å². The Morgan fingerprint density at radius 2 is 2.11 bits per heavy atom. The van der Waals surface area contributed by atoms with Gasteiger partial charge in [-0.05, 0) is 37.6 Å². The fraction of sp³-hybridized carbons (Fsp3) is 0.500. The topological polar surface area (TPSA) is 76.4 Å². The summed E-state index contributed by atoms with van der Waals surface area (Å²) in [7, 11) is 0. The molecule has 5 heteroatoms. The number of amides is 1. The Hall–Kier alpha value is -1.75. The smallest absolute Gasteiger partial charge is 0.216 e. The summed E-state index contributed by atoms with van der Waals surface area (Å²) in [5.41, 5.74) is 7.75. The molecule has 0 heterocycles. The van der Waals surface area contributed by atoms with Gasteiger partial charge < -0.3 is 21.1 Å². The van der Waals surface area contributed by atoms with Crippen molar-refractivity contribution in [1.82, 2.24) is 10.6 Å². The number of ether oxygens (including phenoxy) is 1. The molecule has 0 unspecified atom stereocenters. The lowest BCUT2D eigenvalue weighted by Crippen LogP contribution is -2.31. The summed E-state index contributed by atoms with van der Waals surface area (Å²) in [5, 5.41) is 6.00. The summed E-state index contributed by atoms with van der Waals surface area (Å²) in [6, 6.07) is 5.88. The second-order valence-electron chi connectivity index (χ2n) is 4.29. The zero-order valence-corrected chi connectivity index (χ0v) is 11.7. The molecule has 4 N–H and O–H groups in total. The van der Waals surface area contributed by atoms with E-state index in [1.807, 2.05) is 25.1 Å². The molecule has 0 spiro atoms. The Labute approximate surface area is 114 Å². The van der Waals surface area contributed by atoms with Crippen molar-refractivity contribution < 1.29 is 9.53 Å². The third kappa shape index (κ3) is 6.10. The fourth-order valence-corrected chi connectivity index (χ4v) is 1.73. The SMILES string of the molecule is CCOc1ccc(CCNCCNC(C)=O)cc1N. The van der Waals surface area contributed by atoms with E-state index in [9.17, 15) is 4.79 Å². The van der Waals surface area contributed by atoms with Gasteiger partial charge in [-0.1, -0.05) is 6.07 Å². The quantitative estimate of drug-likeness (QED) is 0.483. The highest BCUT2D eigenvalue weighted by Crippen LogP contribution is 2.22. The molecule has 1 rings (SSSR count). The van der Waals surface area contributed by atoms with Crippen LogP contribution in [0.1, 0.15) is 19.4 Å². The Morgan fingerprint density at radius 1 is 1.32 bits per heavy atom. The van der Waals surface area contributed by atoms with Crippen LogP contribution < -0.4 is 21.1 Å². The number of carbonyl (C=O) groups excluding carboxylic acids is 1. The highest BCUT2D eigenvalue weighted by atomic mass is 16.5. The molecule has 1 aromatic rings. The third-order valence-electron chi connectivity index (χ3n) is 2.64. The molecule has 19 heavy (non-hydrogen) atoms. The van der Waals surface area contributed by atoms with Crippen LogP contribution in [0.25, 0.3) is 0 Å². The predicted molar refractivity (Wildman–Crippen MR) is 77.3 cm³/mol. The van der Waals surface area contributed by atoms with Crippen LogP contribution in [0.2, 0.25) is 0 Å². The number of nitrogens with two attached hydrogens (primary N) is 1. The largest absolute Gasteiger partial charge is 0.492 e. The van der Waals surface area contributed by atoms with Crippen molar-refractivity contribution in [3.8, 4) is 5.75 Å². The summed E-state index contributed by atoms with van der Waals surface area (Å²) in [5.74, 6) is 0.742. The maximum Gasteiger partial charge on any atom is 0.216 e. The van der Waals surface area contributed by atoms with E-state index in [2.05, 4.69) is 10.6 Å². The van der Waals surface area contributed by atoms with Crippen molar-refractivity contribution in [1.29, 1.82) is 0 Å². The average Bonchev–Trinajstić information content (AvgIpc) is 2.36. The van der Waals surface area contributed by atoms with Gasteiger partial charge in [0.15, 0.2) is 0 Å². The lowest BCUT2D eigenvalue weighted by atomic mass is 10.1. The zero-order valence-electron chi connectivity index (χ0n) is 11.7. The first-order chi connectivity index (χ1) is 9.13. The molecule has 0 aliphatic rings. The van der Waals surface area contributed by atoms with Crippen molar-refractivity contribution in [3.63, 3.8) is 0 Å². The average molecular weight is 265 g/mol. The van der Waals surface area contributed by atoms with Gasteiger partial charge in [0.1, 0.15) is 5.75 Å². The summed E-state index contributed by atoms with van der Waals surface area (Å²) in [6.45, 7) is 6.35. The van der Waals surface area contributed by atoms with E-state index < -0.39 is 0 Å². The molecule has 1 amide bonds. The monoisotopic (exact) mass is 265 g/mol. The zero-order chi connectivity index (χ0) is 14.1. The van der Waals surface area contributed by atoms with Crippen LogP contribution in [0.4, 0.5) is 5.69 Å². The molecule has 5 nitrogen and oxygen atoms in total. The second kappa shape index (κ2) is 8.37. The number of benzene rings is 1. The maximum absolute atomic E-state index is 10.7. The predicted octanol–water partition coefficient (Wildman–Crippen LogP) is 0.936. The van der Waals surface area contributed by atoms with E-state index in [0.717, 1.165) is 25.3 Å². The van der Waals surface area contributed by atoms with Crippen LogP contribution in [0.5, 0.6) is 5.75 Å². The Morgan fingerprint density at radius 3 is 2.74 bits per heavy atom. The van der Waals surface area contributed by atoms with Crippen LogP contribution in [0, 0.1) is 0 Å². The van der Waals surface area contributed by atoms with Crippen LogP contribution in [0.15, 0.2) is 18.2 Å². The van der Waals surface area contributed by atoms with Crippen molar-refractivity contribution in [2.75, 3.05) is 32.0 Å². The standard InChI is InChI=1S/C14H23N3O2/c1-3-19-14-5-4-12(10-13(14)15)6-7-16-8-9-17-11(2)18/h4-5,10,16H,3,6-9,15H2,1-2H3,(H,17,18). The number of rotatable bonds is 8. The molecule has 0 bridgehead atoms. The summed E-state index contributed by atoms with van der Waals surface area (Å²) in [4.78, 5) is 10.7. The van der Waals surface area contributed by atoms with Crippen molar-refractivity contribution in [2.45, 2.75) is 20.3 Å². The molecule has 0 radical (unpaired) electrons. The van der Waals surface area contributed by atoms with Gasteiger partial charge in [-0.25, -0.2) is 0 Å². The van der Waals surface area contributed by atoms with Crippen LogP contribution >= 0.6 is 0 Å². The lowest BCUT2D eigenvalue weighted by molar-refractivity contribution is -0.118. The number of carbonyl (C=O) groups is 1. The Kier molecular flexibility index (Phi) is 6.74. The molecule has 0 fully saturated rings. The second-order valence-corrected chi connectivity index (χ2v) is 4.29. The van der Waals surface area contributed by atoms with Gasteiger partial charge in [0.2, 0.25) is 5.91 Å². The van der Waals surface area contributed by atoms with Gasteiger partial charge in [0.05, 0.1) is 12.3 Å². The maximum atomic E-state index is 10.7. The number of hydrogen-bond donors (Lipinski definition) is 3. The highest BCUT2D eigenvalue weighted by Gasteiger charge is 2.01. The molecule has 0 aliphatic heterocycles. The molecule has 0 saturated heterocycles. The van der Waals surface area contributed by atoms with E-state index in [4.69, 9.17) is 10.5 Å². The highest BCUT2D eigenvalue weighted by molar-refractivity contribution is 5.72. The summed E-state index contributed by atoms with van der Waals surface area (Å²) >= 11 is 0. The van der Waals surface area contributed by atoms with Gasteiger partial charge in [-0.2, -0.15) is 0 Å². The minimum atomic E-state index is 0.00101. The molecule has 0 aliphatic carbocycles. The van der Waals surface area contributed by atoms with E-state index in [0.29, 0.717) is 18.8 Å². The van der Waals surface area contributed by atoms with Crippen LogP contribution in [0.3, 0.4) is 0 Å². The molecule has 0 saturated carbocycles. The summed E-state index contributed by atoms with van der Waals surface area (Å²) in [6.07, 6.45) is 0.899. The molecule has 106 valence electrons. The molecular weight excluding hydrogens is 242 g/mol.